The van der Waals surface area contributed by atoms with E-state index in [2.05, 4.69) is 23.7 Å². The third-order valence-electron chi connectivity index (χ3n) is 0. The van der Waals surface area contributed by atoms with Crippen molar-refractivity contribution in [2.75, 3.05) is 0 Å². The van der Waals surface area contributed by atoms with E-state index in [1.807, 2.05) is 0 Å². The monoisotopic (exact) mass is 308 g/mol. The minimum absolute atomic E-state index is 0. The maximum atomic E-state index is 8.61. The van der Waals surface area contributed by atoms with E-state index in [-0.39, 0.29) is 37.7 Å². The second kappa shape index (κ2) is 16.9. The molecule has 0 aliphatic heterocycles. The van der Waals surface area contributed by atoms with E-state index < -0.39 is 14.6 Å². The number of hydrogen-bond donors (Lipinski definition) is 0. The van der Waals surface area contributed by atoms with Crippen LogP contribution in [0.25, 0.3) is 0 Å². The van der Waals surface area contributed by atoms with Gasteiger partial charge in [0, 0.05) is 0 Å². The fourth-order valence-corrected chi connectivity index (χ4v) is 0. The van der Waals surface area contributed by atoms with Crippen molar-refractivity contribution < 1.29 is 38.2 Å². The summed E-state index contributed by atoms with van der Waals surface area (Å²) in [6, 6.07) is 0. The second-order valence-electron chi connectivity index (χ2n) is 0.354. The quantitative estimate of drug-likeness (QED) is 0.485. The Morgan fingerprint density at radius 3 is 0.800 bits per heavy atom. The van der Waals surface area contributed by atoms with E-state index in [0.29, 0.717) is 0 Å². The Morgan fingerprint density at radius 2 is 0.800 bits per heavy atom. The maximum absolute atomic E-state index is 8.61. The van der Waals surface area contributed by atoms with E-state index in [4.69, 9.17) is 23.6 Å². The molecule has 0 bridgehead atoms. The van der Waals surface area contributed by atoms with Crippen LogP contribution in [0.15, 0.2) is 0 Å². The summed E-state index contributed by atoms with van der Waals surface area (Å²) in [5.74, 6) is 0. The van der Waals surface area contributed by atoms with Gasteiger partial charge in [-0.3, -0.25) is 0 Å². The molecule has 0 aromatic heterocycles. The number of halogens is 2. The molecule has 60 valence electrons. The Morgan fingerprint density at radius 1 is 0.800 bits per heavy atom. The zero-order chi connectivity index (χ0) is 8.50. The molecule has 0 atom stereocenters. The molecular formula is CaCl2O6Ru. The molecule has 0 radical (unpaired) electrons. The van der Waals surface area contributed by atoms with Crippen molar-refractivity contribution in [3.63, 3.8) is 0 Å². The topological polar surface area (TPSA) is 114 Å². The van der Waals surface area contributed by atoms with E-state index in [9.17, 15) is 0 Å². The van der Waals surface area contributed by atoms with Gasteiger partial charge in [-0.2, -0.15) is 0 Å². The summed E-state index contributed by atoms with van der Waals surface area (Å²) in [6.45, 7) is 0. The van der Waals surface area contributed by atoms with Gasteiger partial charge in [-0.15, -0.1) is 0 Å². The molecule has 0 aromatic carbocycles. The van der Waals surface area contributed by atoms with Crippen LogP contribution < -0.4 is 9.32 Å². The fourth-order valence-electron chi connectivity index (χ4n) is 0. The van der Waals surface area contributed by atoms with Gasteiger partial charge in [0.2, 0.25) is 0 Å². The molecule has 0 amide bonds. The van der Waals surface area contributed by atoms with Crippen molar-refractivity contribution in [1.82, 2.24) is 0 Å². The zero-order valence-corrected chi connectivity index (χ0v) is 9.72. The average Bonchev–Trinajstić information content (AvgIpc) is 1.72. The Bertz CT molecular complexity index is 167. The molecule has 0 saturated heterocycles. The molecule has 0 aliphatic carbocycles. The summed E-state index contributed by atoms with van der Waals surface area (Å²) < 4.78 is 49.9. The summed E-state index contributed by atoms with van der Waals surface area (Å²) in [4.78, 5) is 0. The van der Waals surface area contributed by atoms with Crippen LogP contribution >= 0.6 is 23.7 Å². The first kappa shape index (κ1) is 22.6. The minimum atomic E-state index is -5.86. The van der Waals surface area contributed by atoms with Crippen molar-refractivity contribution in [3.8, 4) is 0 Å². The molecule has 0 saturated carbocycles. The molecule has 6 nitrogen and oxygen atoms in total. The third kappa shape index (κ3) is 282. The first-order chi connectivity index (χ1) is 4.00. The predicted molar refractivity (Wildman–Crippen MR) is 20.2 cm³/mol. The van der Waals surface area contributed by atoms with Gasteiger partial charge in [-0.05, 0) is 0 Å². The molecule has 10 heavy (non-hydrogen) atoms. The van der Waals surface area contributed by atoms with Crippen molar-refractivity contribution >= 4 is 61.5 Å². The zero-order valence-electron chi connectivity index (χ0n) is 4.27. The summed E-state index contributed by atoms with van der Waals surface area (Å²) in [7, 11) is 0. The van der Waals surface area contributed by atoms with E-state index in [1.54, 1.807) is 0 Å². The van der Waals surface area contributed by atoms with Crippen LogP contribution in [0.4, 0.5) is 0 Å². The van der Waals surface area contributed by atoms with Crippen molar-refractivity contribution in [2.24, 2.45) is 0 Å². The Hall–Kier alpha value is 1.58. The molecule has 0 fully saturated rings. The third-order valence-corrected chi connectivity index (χ3v) is 0. The van der Waals surface area contributed by atoms with Crippen LogP contribution in [0, 0.1) is 0 Å². The summed E-state index contributed by atoms with van der Waals surface area (Å²) >= 11 is 0.918. The predicted octanol–water partition coefficient (Wildman–Crippen LogP) is -1.86. The standard InChI is InChI=1S/Ca.2ClO.4O.Ru/c;2*1-2;;;;;/q+2;2*-1;;;;;. The van der Waals surface area contributed by atoms with Crippen LogP contribution in [0.1, 0.15) is 0 Å². The van der Waals surface area contributed by atoms with Gasteiger partial charge in [-0.1, -0.05) is 0 Å². The Kier molecular flexibility index (Phi) is 38.1. The molecule has 10 heteroatoms. The van der Waals surface area contributed by atoms with Gasteiger partial charge in [0.05, 0.1) is 0 Å². The van der Waals surface area contributed by atoms with E-state index in [0.717, 1.165) is 0 Å². The molecule has 0 unspecified atom stereocenters. The molecule has 0 spiro atoms. The van der Waals surface area contributed by atoms with Crippen molar-refractivity contribution in [3.05, 3.63) is 0 Å². The van der Waals surface area contributed by atoms with Gasteiger partial charge in [0.1, 0.15) is 0 Å². The molecule has 0 rings (SSSR count). The normalized spacial score (nSPS) is 6.80. The first-order valence-electron chi connectivity index (χ1n) is 0.886. The van der Waals surface area contributed by atoms with Crippen LogP contribution in [0.5, 0.6) is 0 Å². The van der Waals surface area contributed by atoms with E-state index >= 15 is 0 Å². The van der Waals surface area contributed by atoms with Crippen molar-refractivity contribution in [2.45, 2.75) is 0 Å². The van der Waals surface area contributed by atoms with Crippen LogP contribution in [-0.2, 0) is 28.9 Å². The Balaban J connectivity index is -0.0000000315. The SMILES string of the molecule is [Ca+2].[O-]Cl.[O-]Cl.[O]=[Ru](=[O])(=[O])=[O]. The first-order valence-corrected chi connectivity index (χ1v) is 4.34. The van der Waals surface area contributed by atoms with Crippen LogP contribution in [0.2, 0.25) is 0 Å². The molecule has 0 N–H and O–H groups in total. The molecule has 0 heterocycles. The second-order valence-corrected chi connectivity index (χ2v) is 2.09. The van der Waals surface area contributed by atoms with Crippen LogP contribution in [-0.4, -0.2) is 37.7 Å². The molecular weight excluding hydrogens is 308 g/mol. The van der Waals surface area contributed by atoms with Crippen LogP contribution in [0.3, 0.4) is 0 Å². The number of rotatable bonds is 0. The average molecular weight is 308 g/mol. The van der Waals surface area contributed by atoms with Gasteiger partial charge in [-0.25, -0.2) is 23.7 Å². The van der Waals surface area contributed by atoms with Crippen molar-refractivity contribution in [1.29, 1.82) is 0 Å². The van der Waals surface area contributed by atoms with E-state index in [1.165, 1.54) is 0 Å². The van der Waals surface area contributed by atoms with Gasteiger partial charge in [0.15, 0.2) is 0 Å². The molecule has 0 aromatic rings. The fraction of sp³-hybridized carbons (Fsp3) is 0. The summed E-state index contributed by atoms with van der Waals surface area (Å²) in [6.07, 6.45) is 0. The van der Waals surface area contributed by atoms with Gasteiger partial charge >= 0.3 is 66.6 Å². The van der Waals surface area contributed by atoms with Gasteiger partial charge < -0.3 is 9.32 Å². The summed E-state index contributed by atoms with van der Waals surface area (Å²) in [5.41, 5.74) is 0. The Labute approximate surface area is 98.3 Å². The summed E-state index contributed by atoms with van der Waals surface area (Å²) in [5, 5.41) is 0. The number of hydrogen-bond acceptors (Lipinski definition) is 6. The molecule has 0 aliphatic rings. The van der Waals surface area contributed by atoms with Gasteiger partial charge in [0.25, 0.3) is 0 Å².